The number of nitrogens with zero attached hydrogens (tertiary/aromatic N) is 1. The van der Waals surface area contributed by atoms with Crippen LogP contribution in [0.5, 0.6) is 0 Å². The van der Waals surface area contributed by atoms with Crippen LogP contribution in [0.4, 0.5) is 0 Å². The van der Waals surface area contributed by atoms with Crippen LogP contribution in [-0.2, 0) is 0 Å². The number of rotatable bonds is 6. The molecule has 4 rings (SSSR count). The van der Waals surface area contributed by atoms with E-state index in [-0.39, 0.29) is 6.61 Å². The second kappa shape index (κ2) is 8.52. The Bertz CT molecular complexity index is 762. The van der Waals surface area contributed by atoms with Crippen LogP contribution in [-0.4, -0.2) is 35.2 Å². The van der Waals surface area contributed by atoms with Crippen LogP contribution in [0, 0.1) is 5.92 Å². The van der Waals surface area contributed by atoms with Gasteiger partial charge in [-0.15, -0.1) is 0 Å². The summed E-state index contributed by atoms with van der Waals surface area (Å²) in [4.78, 5) is 2.53. The average molecular weight is 377 g/mol. The highest BCUT2D eigenvalue weighted by Crippen LogP contribution is 2.50. The first kappa shape index (κ1) is 18.6. The van der Waals surface area contributed by atoms with Crippen molar-refractivity contribution in [2.45, 2.75) is 31.8 Å². The molecule has 2 aromatic rings. The molecule has 1 heterocycles. The Balaban J connectivity index is 1.68. The van der Waals surface area contributed by atoms with Crippen molar-refractivity contribution in [1.82, 2.24) is 4.90 Å². The van der Waals surface area contributed by atoms with E-state index in [1.54, 1.807) is 0 Å². The van der Waals surface area contributed by atoms with E-state index in [4.69, 9.17) is 0 Å². The van der Waals surface area contributed by atoms with E-state index in [9.17, 15) is 5.11 Å². The van der Waals surface area contributed by atoms with Crippen molar-refractivity contribution in [2.75, 3.05) is 13.2 Å². The molecule has 0 amide bonds. The van der Waals surface area contributed by atoms with E-state index < -0.39 is 7.92 Å². The van der Waals surface area contributed by atoms with Gasteiger partial charge in [-0.3, -0.25) is 4.90 Å². The van der Waals surface area contributed by atoms with Gasteiger partial charge in [-0.1, -0.05) is 78.9 Å². The molecule has 1 aliphatic carbocycles. The van der Waals surface area contributed by atoms with E-state index in [2.05, 4.69) is 90.7 Å². The number of benzene rings is 2. The van der Waals surface area contributed by atoms with Crippen molar-refractivity contribution in [1.29, 1.82) is 0 Å². The van der Waals surface area contributed by atoms with Crippen molar-refractivity contribution in [3.05, 3.63) is 84.2 Å². The molecule has 3 heteroatoms. The molecule has 27 heavy (non-hydrogen) atoms. The lowest BCUT2D eigenvalue weighted by Gasteiger charge is -2.36. The van der Waals surface area contributed by atoms with Crippen molar-refractivity contribution in [3.63, 3.8) is 0 Å². The van der Waals surface area contributed by atoms with Gasteiger partial charge in [0.05, 0.1) is 6.61 Å². The molecule has 2 aliphatic rings. The largest absolute Gasteiger partial charge is 0.395 e. The molecule has 2 aromatic carbocycles. The van der Waals surface area contributed by atoms with Crippen LogP contribution in [0.2, 0.25) is 0 Å². The van der Waals surface area contributed by atoms with Crippen LogP contribution in [0.15, 0.2) is 84.2 Å². The third-order valence-corrected chi connectivity index (χ3v) is 8.48. The minimum Gasteiger partial charge on any atom is -0.395 e. The molecule has 0 aromatic heterocycles. The second-order valence-electron chi connectivity index (χ2n) is 7.47. The molecule has 0 bridgehead atoms. The summed E-state index contributed by atoms with van der Waals surface area (Å²) in [7, 11) is -0.547. The van der Waals surface area contributed by atoms with Gasteiger partial charge in [0.25, 0.3) is 0 Å². The highest BCUT2D eigenvalue weighted by atomic mass is 31.1. The van der Waals surface area contributed by atoms with E-state index in [1.165, 1.54) is 22.3 Å². The van der Waals surface area contributed by atoms with Gasteiger partial charge in [0, 0.05) is 18.0 Å². The Hall–Kier alpha value is -1.73. The highest BCUT2D eigenvalue weighted by molar-refractivity contribution is 7.76. The lowest BCUT2D eigenvalue weighted by molar-refractivity contribution is 0.115. The van der Waals surface area contributed by atoms with Gasteiger partial charge in [-0.2, -0.15) is 0 Å². The molecule has 1 fully saturated rings. The Morgan fingerprint density at radius 2 is 1.67 bits per heavy atom. The molecule has 1 N–H and O–H groups in total. The van der Waals surface area contributed by atoms with Crippen molar-refractivity contribution in [2.24, 2.45) is 5.92 Å². The average Bonchev–Trinajstić information content (AvgIpc) is 3.39. The maximum atomic E-state index is 9.79. The summed E-state index contributed by atoms with van der Waals surface area (Å²) in [6.45, 7) is 3.70. The second-order valence-corrected chi connectivity index (χ2v) is 9.69. The molecule has 1 unspecified atom stereocenters. The highest BCUT2D eigenvalue weighted by Gasteiger charge is 2.36. The standard InChI is InChI=1S/C24H28NOP/c1-19(25-17-9-10-20(25)18-26)23-15-8-16-24(23)27(21-11-4-2-5-12-21)22-13-6-3-7-14-22/h2-8,11-16,19-20,23,26H,9-10,17-18H2,1H3/t19-,20-,23?/m0/s1. The molecule has 3 atom stereocenters. The minimum atomic E-state index is -0.547. The molecule has 140 valence electrons. The molecule has 0 spiro atoms. The fourth-order valence-electron chi connectivity index (χ4n) is 4.51. The molecule has 1 saturated heterocycles. The topological polar surface area (TPSA) is 23.5 Å². The Labute approximate surface area is 164 Å². The number of aliphatic hydroxyl groups excluding tert-OH is 1. The van der Waals surface area contributed by atoms with Crippen molar-refractivity contribution in [3.8, 4) is 0 Å². The Morgan fingerprint density at radius 3 is 2.26 bits per heavy atom. The van der Waals surface area contributed by atoms with Crippen LogP contribution in [0.1, 0.15) is 19.8 Å². The number of allylic oxidation sites excluding steroid dienone is 2. The van der Waals surface area contributed by atoms with E-state index >= 15 is 0 Å². The summed E-state index contributed by atoms with van der Waals surface area (Å²) < 4.78 is 0. The molecule has 2 nitrogen and oxygen atoms in total. The SMILES string of the molecule is C[C@@H](C1C=CC=C1P(c1ccccc1)c1ccccc1)N1CCC[C@H]1CO. The van der Waals surface area contributed by atoms with E-state index in [0.29, 0.717) is 18.0 Å². The minimum absolute atomic E-state index is 0.270. The summed E-state index contributed by atoms with van der Waals surface area (Å²) in [5, 5.41) is 14.1. The fourth-order valence-corrected chi connectivity index (χ4v) is 7.18. The fraction of sp³-hybridized carbons (Fsp3) is 0.333. The normalized spacial score (nSPS) is 23.7. The first-order valence-corrected chi connectivity index (χ1v) is 11.3. The summed E-state index contributed by atoms with van der Waals surface area (Å²) >= 11 is 0. The third kappa shape index (κ3) is 3.80. The Kier molecular flexibility index (Phi) is 5.88. The predicted molar refractivity (Wildman–Crippen MR) is 116 cm³/mol. The third-order valence-electron chi connectivity index (χ3n) is 5.89. The van der Waals surface area contributed by atoms with E-state index in [0.717, 1.165) is 13.0 Å². The first-order valence-electron chi connectivity index (χ1n) is 9.95. The maximum absolute atomic E-state index is 9.79. The monoisotopic (exact) mass is 377 g/mol. The van der Waals surface area contributed by atoms with Crippen LogP contribution < -0.4 is 10.6 Å². The zero-order chi connectivity index (χ0) is 18.6. The molecule has 0 saturated carbocycles. The maximum Gasteiger partial charge on any atom is 0.0586 e. The quantitative estimate of drug-likeness (QED) is 0.768. The molecular weight excluding hydrogens is 349 g/mol. The van der Waals surface area contributed by atoms with E-state index in [1.807, 2.05) is 0 Å². The first-order chi connectivity index (χ1) is 13.3. The van der Waals surface area contributed by atoms with Gasteiger partial charge in [0.1, 0.15) is 0 Å². The lowest BCUT2D eigenvalue weighted by atomic mass is 10.0. The number of aliphatic hydroxyl groups is 1. The molecule has 0 radical (unpaired) electrons. The molecule has 1 aliphatic heterocycles. The summed E-state index contributed by atoms with van der Waals surface area (Å²) in [6, 6.07) is 22.6. The van der Waals surface area contributed by atoms with Gasteiger partial charge in [-0.25, -0.2) is 0 Å². The van der Waals surface area contributed by atoms with Crippen LogP contribution in [0.3, 0.4) is 0 Å². The summed E-state index contributed by atoms with van der Waals surface area (Å²) in [6.07, 6.45) is 9.26. The van der Waals surface area contributed by atoms with Crippen LogP contribution in [0.25, 0.3) is 0 Å². The smallest absolute Gasteiger partial charge is 0.0586 e. The predicted octanol–water partition coefficient (Wildman–Crippen LogP) is 4.03. The van der Waals surface area contributed by atoms with Gasteiger partial charge >= 0.3 is 0 Å². The zero-order valence-corrected chi connectivity index (χ0v) is 16.8. The lowest BCUT2D eigenvalue weighted by Crippen LogP contribution is -2.43. The number of likely N-dealkylation sites (tertiary alicyclic amines) is 1. The Morgan fingerprint density at radius 1 is 1.04 bits per heavy atom. The summed E-state index contributed by atoms with van der Waals surface area (Å²) in [5.74, 6) is 0.406. The zero-order valence-electron chi connectivity index (χ0n) is 15.9. The number of hydrogen-bond acceptors (Lipinski definition) is 2. The van der Waals surface area contributed by atoms with Gasteiger partial charge in [0.15, 0.2) is 0 Å². The number of hydrogen-bond donors (Lipinski definition) is 1. The van der Waals surface area contributed by atoms with Crippen molar-refractivity contribution >= 4 is 18.5 Å². The van der Waals surface area contributed by atoms with Gasteiger partial charge < -0.3 is 5.11 Å². The van der Waals surface area contributed by atoms with Crippen molar-refractivity contribution < 1.29 is 5.11 Å². The molecular formula is C24H28NOP. The van der Waals surface area contributed by atoms with Crippen LogP contribution >= 0.6 is 7.92 Å². The summed E-state index contributed by atoms with van der Waals surface area (Å²) in [5.41, 5.74) is 0. The van der Waals surface area contributed by atoms with Gasteiger partial charge in [0.2, 0.25) is 0 Å². The van der Waals surface area contributed by atoms with Gasteiger partial charge in [-0.05, 0) is 50.2 Å².